The Morgan fingerprint density at radius 3 is 2.09 bits per heavy atom. The number of carbonyl (C=O) groups excluding carboxylic acids is 2. The van der Waals surface area contributed by atoms with Crippen LogP contribution in [0, 0.1) is 0 Å². The maximum Gasteiger partial charge on any atom is 0.322 e. The lowest BCUT2D eigenvalue weighted by Crippen LogP contribution is -2.28. The van der Waals surface area contributed by atoms with Gasteiger partial charge >= 0.3 is 11.9 Å². The van der Waals surface area contributed by atoms with Gasteiger partial charge < -0.3 is 15.2 Å². The van der Waals surface area contributed by atoms with Gasteiger partial charge in [-0.25, -0.2) is 0 Å². The summed E-state index contributed by atoms with van der Waals surface area (Å²) in [5.74, 6) is -1.37. The average molecular weight is 492 g/mol. The molecular weight excluding hydrogens is 442 g/mol. The van der Waals surface area contributed by atoms with Gasteiger partial charge in [-0.15, -0.1) is 0 Å². The van der Waals surface area contributed by atoms with E-state index in [1.54, 1.807) is 0 Å². The largest absolute Gasteiger partial charge is 0.480 e. The lowest BCUT2D eigenvalue weighted by Gasteiger charge is -2.18. The van der Waals surface area contributed by atoms with Gasteiger partial charge in [-0.2, -0.15) is 0 Å². The molecule has 6 heteroatoms. The second-order valence-electron chi connectivity index (χ2n) is 8.92. The maximum atomic E-state index is 12.3. The number of ether oxygens (including phenoxy) is 1. The average Bonchev–Trinajstić information content (AvgIpc) is 2.83. The molecule has 0 radical (unpaired) electrons. The molecule has 0 rings (SSSR count). The number of carbonyl (C=O) groups is 3. The van der Waals surface area contributed by atoms with Gasteiger partial charge in [-0.1, -0.05) is 76.0 Å². The minimum absolute atomic E-state index is 0.0447. The van der Waals surface area contributed by atoms with E-state index >= 15 is 0 Å². The molecule has 0 saturated heterocycles. The summed E-state index contributed by atoms with van der Waals surface area (Å²) in [6.45, 7) is 3.94. The normalized spacial score (nSPS) is 12.5. The zero-order chi connectivity index (χ0) is 26.0. The zero-order valence-electron chi connectivity index (χ0n) is 22.1. The summed E-state index contributed by atoms with van der Waals surface area (Å²) >= 11 is 0. The van der Waals surface area contributed by atoms with Crippen LogP contribution in [-0.4, -0.2) is 35.6 Å². The quantitative estimate of drug-likeness (QED) is 0.0907. The van der Waals surface area contributed by atoms with Gasteiger partial charge in [0.1, 0.15) is 12.6 Å². The zero-order valence-corrected chi connectivity index (χ0v) is 22.1. The molecule has 0 saturated carbocycles. The highest BCUT2D eigenvalue weighted by molar-refractivity contribution is 5.80. The van der Waals surface area contributed by atoms with Crippen molar-refractivity contribution < 1.29 is 24.2 Å². The molecule has 0 aliphatic rings. The van der Waals surface area contributed by atoms with Gasteiger partial charge in [0.05, 0.1) is 0 Å². The van der Waals surface area contributed by atoms with Gasteiger partial charge in [0, 0.05) is 12.8 Å². The first-order valence-corrected chi connectivity index (χ1v) is 13.6. The van der Waals surface area contributed by atoms with Gasteiger partial charge in [-0.3, -0.25) is 14.4 Å². The Hall–Kier alpha value is -2.37. The van der Waals surface area contributed by atoms with Crippen LogP contribution in [0.1, 0.15) is 117 Å². The number of nitrogens with one attached hydrogen (secondary N) is 1. The van der Waals surface area contributed by atoms with Crippen molar-refractivity contribution in [3.05, 3.63) is 36.5 Å². The van der Waals surface area contributed by atoms with Gasteiger partial charge in [0.2, 0.25) is 5.91 Å². The van der Waals surface area contributed by atoms with Crippen LogP contribution in [0.4, 0.5) is 0 Å². The van der Waals surface area contributed by atoms with Crippen molar-refractivity contribution >= 4 is 17.8 Å². The second-order valence-corrected chi connectivity index (χ2v) is 8.92. The molecular formula is C29H49NO5. The predicted molar refractivity (Wildman–Crippen MR) is 143 cm³/mol. The maximum absolute atomic E-state index is 12.3. The third kappa shape index (κ3) is 24.6. The van der Waals surface area contributed by atoms with Crippen LogP contribution in [-0.2, 0) is 19.1 Å². The van der Waals surface area contributed by atoms with Crippen LogP contribution in [0.25, 0.3) is 0 Å². The van der Waals surface area contributed by atoms with Gasteiger partial charge in [0.25, 0.3) is 0 Å². The van der Waals surface area contributed by atoms with Crippen molar-refractivity contribution in [1.29, 1.82) is 0 Å². The van der Waals surface area contributed by atoms with Crippen LogP contribution in [0.5, 0.6) is 0 Å². The number of allylic oxidation sites excluding steroid dienone is 6. The van der Waals surface area contributed by atoms with Crippen LogP contribution in [0.3, 0.4) is 0 Å². The SMILES string of the molecule is CC/C=C\C/C=C\C/C=C\CCCCCC(=O)OC(CCCC)CCCCCC(=O)NCC(=O)O. The summed E-state index contributed by atoms with van der Waals surface area (Å²) in [6, 6.07) is 0. The molecule has 0 aromatic rings. The van der Waals surface area contributed by atoms with E-state index in [4.69, 9.17) is 9.84 Å². The van der Waals surface area contributed by atoms with E-state index in [0.29, 0.717) is 19.3 Å². The highest BCUT2D eigenvalue weighted by Gasteiger charge is 2.14. The first-order chi connectivity index (χ1) is 17.0. The lowest BCUT2D eigenvalue weighted by atomic mass is 10.0. The van der Waals surface area contributed by atoms with Gasteiger partial charge in [-0.05, 0) is 64.2 Å². The Morgan fingerprint density at radius 1 is 0.771 bits per heavy atom. The number of unbranched alkanes of at least 4 members (excludes halogenated alkanes) is 6. The van der Waals surface area contributed by atoms with E-state index < -0.39 is 5.97 Å². The molecule has 0 heterocycles. The summed E-state index contributed by atoms with van der Waals surface area (Å²) < 4.78 is 5.74. The van der Waals surface area contributed by atoms with Crippen LogP contribution in [0.2, 0.25) is 0 Å². The van der Waals surface area contributed by atoms with E-state index in [9.17, 15) is 14.4 Å². The van der Waals surface area contributed by atoms with Crippen LogP contribution < -0.4 is 5.32 Å². The van der Waals surface area contributed by atoms with E-state index in [2.05, 4.69) is 55.6 Å². The number of hydrogen-bond acceptors (Lipinski definition) is 4. The Labute approximate surface area is 213 Å². The molecule has 0 aliphatic heterocycles. The van der Waals surface area contributed by atoms with E-state index in [1.807, 2.05) is 0 Å². The molecule has 0 aromatic heterocycles. The molecule has 2 N–H and O–H groups in total. The molecule has 1 atom stereocenters. The van der Waals surface area contributed by atoms with Crippen molar-refractivity contribution in [2.24, 2.45) is 0 Å². The Bertz CT molecular complexity index is 639. The van der Waals surface area contributed by atoms with Crippen LogP contribution >= 0.6 is 0 Å². The number of aliphatic carboxylic acids is 1. The molecule has 1 amide bonds. The van der Waals surface area contributed by atoms with E-state index in [-0.39, 0.29) is 24.5 Å². The number of carboxylic acids is 1. The first kappa shape index (κ1) is 32.6. The molecule has 0 spiro atoms. The van der Waals surface area contributed by atoms with E-state index in [1.165, 1.54) is 0 Å². The fraction of sp³-hybridized carbons (Fsp3) is 0.690. The smallest absolute Gasteiger partial charge is 0.322 e. The van der Waals surface area contributed by atoms with Crippen molar-refractivity contribution in [3.63, 3.8) is 0 Å². The molecule has 0 bridgehead atoms. The summed E-state index contributed by atoms with van der Waals surface area (Å²) in [5, 5.41) is 10.9. The first-order valence-electron chi connectivity index (χ1n) is 13.6. The fourth-order valence-corrected chi connectivity index (χ4v) is 3.57. The number of amides is 1. The number of carboxylic acid groups (broad SMARTS) is 1. The number of esters is 1. The van der Waals surface area contributed by atoms with Crippen LogP contribution in [0.15, 0.2) is 36.5 Å². The fourth-order valence-electron chi connectivity index (χ4n) is 3.57. The molecule has 200 valence electrons. The molecule has 1 unspecified atom stereocenters. The predicted octanol–water partition coefficient (Wildman–Crippen LogP) is 7.05. The Morgan fingerprint density at radius 2 is 1.40 bits per heavy atom. The highest BCUT2D eigenvalue weighted by Crippen LogP contribution is 2.16. The molecule has 0 aliphatic carbocycles. The van der Waals surface area contributed by atoms with Crippen molar-refractivity contribution in [2.75, 3.05) is 6.54 Å². The van der Waals surface area contributed by atoms with Gasteiger partial charge in [0.15, 0.2) is 0 Å². The molecule has 0 fully saturated rings. The third-order valence-electron chi connectivity index (χ3n) is 5.58. The van der Waals surface area contributed by atoms with Crippen molar-refractivity contribution in [3.8, 4) is 0 Å². The summed E-state index contributed by atoms with van der Waals surface area (Å²) in [6.07, 6.45) is 27.3. The van der Waals surface area contributed by atoms with Crippen molar-refractivity contribution in [1.82, 2.24) is 5.32 Å². The third-order valence-corrected chi connectivity index (χ3v) is 5.58. The Balaban J connectivity index is 3.91. The second kappa shape index (κ2) is 24.7. The Kier molecular flexibility index (Phi) is 23.1. The lowest BCUT2D eigenvalue weighted by molar-refractivity contribution is -0.150. The summed E-state index contributed by atoms with van der Waals surface area (Å²) in [7, 11) is 0. The summed E-state index contributed by atoms with van der Waals surface area (Å²) in [5.41, 5.74) is 0. The molecule has 35 heavy (non-hydrogen) atoms. The highest BCUT2D eigenvalue weighted by atomic mass is 16.5. The van der Waals surface area contributed by atoms with E-state index in [0.717, 1.165) is 83.5 Å². The minimum Gasteiger partial charge on any atom is -0.480 e. The monoisotopic (exact) mass is 491 g/mol. The van der Waals surface area contributed by atoms with Crippen molar-refractivity contribution in [2.45, 2.75) is 123 Å². The molecule has 0 aromatic carbocycles. The minimum atomic E-state index is -1.04. The summed E-state index contributed by atoms with van der Waals surface area (Å²) in [4.78, 5) is 34.3. The topological polar surface area (TPSA) is 92.7 Å². The molecule has 6 nitrogen and oxygen atoms in total. The number of hydrogen-bond donors (Lipinski definition) is 2. The number of rotatable bonds is 23. The standard InChI is InChI=1S/C29H49NO5/c1-3-5-7-8-9-10-11-12-13-14-15-16-20-24-29(34)35-26(21-6-4-2)22-18-17-19-23-27(31)30-25-28(32)33/h5,7,9-10,12-13,26H,3-4,6,8,11,14-25H2,1-2H3,(H,30,31)(H,32,33)/b7-5-,10-9-,13-12-.